The summed E-state index contributed by atoms with van der Waals surface area (Å²) in [6.07, 6.45) is 5.17. The first kappa shape index (κ1) is 12.5. The number of hydrogen-bond acceptors (Lipinski definition) is 4. The number of rotatable bonds is 5. The second kappa shape index (κ2) is 6.12. The van der Waals surface area contributed by atoms with Gasteiger partial charge in [-0.15, -0.1) is 0 Å². The SMILES string of the molecule is COc1cccc([C@@H](C)NCc2cncnc2)c1. The number of benzene rings is 1. The van der Waals surface area contributed by atoms with Crippen LogP contribution in [-0.4, -0.2) is 17.1 Å². The lowest BCUT2D eigenvalue weighted by atomic mass is 10.1. The van der Waals surface area contributed by atoms with Crippen molar-refractivity contribution < 1.29 is 4.74 Å². The van der Waals surface area contributed by atoms with Crippen LogP contribution >= 0.6 is 0 Å². The Morgan fingerprint density at radius 1 is 1.28 bits per heavy atom. The molecule has 0 aliphatic heterocycles. The molecule has 1 atom stereocenters. The van der Waals surface area contributed by atoms with E-state index in [1.807, 2.05) is 30.6 Å². The van der Waals surface area contributed by atoms with Crippen LogP contribution in [-0.2, 0) is 6.54 Å². The molecule has 0 fully saturated rings. The zero-order valence-corrected chi connectivity index (χ0v) is 10.6. The number of hydrogen-bond donors (Lipinski definition) is 1. The van der Waals surface area contributed by atoms with Crippen molar-refractivity contribution in [2.24, 2.45) is 0 Å². The van der Waals surface area contributed by atoms with Gasteiger partial charge < -0.3 is 10.1 Å². The van der Waals surface area contributed by atoms with Gasteiger partial charge in [0.25, 0.3) is 0 Å². The molecule has 4 nitrogen and oxygen atoms in total. The first-order chi connectivity index (χ1) is 8.79. The Labute approximate surface area is 107 Å². The highest BCUT2D eigenvalue weighted by Gasteiger charge is 2.05. The standard InChI is InChI=1S/C14H17N3O/c1-11(13-4-3-5-14(6-13)18-2)17-9-12-7-15-10-16-8-12/h3-8,10-11,17H,9H2,1-2H3/t11-/m1/s1. The van der Waals surface area contributed by atoms with Gasteiger partial charge >= 0.3 is 0 Å². The van der Waals surface area contributed by atoms with E-state index in [2.05, 4.69) is 28.3 Å². The van der Waals surface area contributed by atoms with Gasteiger partial charge in [0.15, 0.2) is 0 Å². The molecule has 4 heteroatoms. The lowest BCUT2D eigenvalue weighted by Crippen LogP contribution is -2.18. The topological polar surface area (TPSA) is 47.0 Å². The molecule has 0 radical (unpaired) electrons. The van der Waals surface area contributed by atoms with Crippen molar-refractivity contribution in [1.29, 1.82) is 0 Å². The van der Waals surface area contributed by atoms with E-state index in [0.717, 1.165) is 17.9 Å². The van der Waals surface area contributed by atoms with Crippen molar-refractivity contribution in [2.45, 2.75) is 19.5 Å². The summed E-state index contributed by atoms with van der Waals surface area (Å²) in [4.78, 5) is 7.98. The maximum absolute atomic E-state index is 5.22. The number of methoxy groups -OCH3 is 1. The van der Waals surface area contributed by atoms with E-state index in [1.54, 1.807) is 7.11 Å². The molecule has 0 saturated heterocycles. The van der Waals surface area contributed by atoms with Gasteiger partial charge in [-0.2, -0.15) is 0 Å². The van der Waals surface area contributed by atoms with Gasteiger partial charge in [-0.25, -0.2) is 9.97 Å². The average Bonchev–Trinajstić information content (AvgIpc) is 2.46. The molecule has 0 bridgehead atoms. The second-order valence-corrected chi connectivity index (χ2v) is 4.13. The van der Waals surface area contributed by atoms with Crippen molar-refractivity contribution in [3.05, 3.63) is 54.1 Å². The summed E-state index contributed by atoms with van der Waals surface area (Å²) in [6, 6.07) is 8.32. The van der Waals surface area contributed by atoms with Crippen LogP contribution < -0.4 is 10.1 Å². The number of aromatic nitrogens is 2. The molecular formula is C14H17N3O. The Kier molecular flexibility index (Phi) is 4.25. The molecule has 1 aromatic heterocycles. The average molecular weight is 243 g/mol. The first-order valence-corrected chi connectivity index (χ1v) is 5.91. The Balaban J connectivity index is 1.97. The second-order valence-electron chi connectivity index (χ2n) is 4.13. The lowest BCUT2D eigenvalue weighted by Gasteiger charge is -2.14. The van der Waals surface area contributed by atoms with Gasteiger partial charge in [0.1, 0.15) is 12.1 Å². The monoisotopic (exact) mass is 243 g/mol. The Bertz CT molecular complexity index is 487. The molecule has 0 unspecified atom stereocenters. The van der Waals surface area contributed by atoms with Gasteiger partial charge in [-0.3, -0.25) is 0 Å². The highest BCUT2D eigenvalue weighted by atomic mass is 16.5. The minimum absolute atomic E-state index is 0.250. The lowest BCUT2D eigenvalue weighted by molar-refractivity contribution is 0.413. The maximum atomic E-state index is 5.22. The third-order valence-electron chi connectivity index (χ3n) is 2.82. The zero-order chi connectivity index (χ0) is 12.8. The van der Waals surface area contributed by atoms with Gasteiger partial charge in [-0.05, 0) is 24.6 Å². The van der Waals surface area contributed by atoms with Crippen molar-refractivity contribution in [3.63, 3.8) is 0 Å². The Hall–Kier alpha value is -1.94. The fourth-order valence-corrected chi connectivity index (χ4v) is 1.72. The van der Waals surface area contributed by atoms with Crippen LogP contribution in [0.15, 0.2) is 43.0 Å². The molecule has 1 aromatic carbocycles. The summed E-state index contributed by atoms with van der Waals surface area (Å²) in [5.41, 5.74) is 2.28. The summed E-state index contributed by atoms with van der Waals surface area (Å²) in [7, 11) is 1.68. The molecule has 0 aliphatic rings. The maximum Gasteiger partial charge on any atom is 0.119 e. The van der Waals surface area contributed by atoms with Gasteiger partial charge in [0, 0.05) is 30.5 Å². The minimum Gasteiger partial charge on any atom is -0.497 e. The van der Waals surface area contributed by atoms with Gasteiger partial charge in [0.05, 0.1) is 7.11 Å². The molecule has 0 spiro atoms. The van der Waals surface area contributed by atoms with E-state index in [4.69, 9.17) is 4.74 Å². The highest BCUT2D eigenvalue weighted by Crippen LogP contribution is 2.18. The third kappa shape index (κ3) is 3.28. The Morgan fingerprint density at radius 2 is 2.06 bits per heavy atom. The minimum atomic E-state index is 0.250. The van der Waals surface area contributed by atoms with Crippen LogP contribution in [0.4, 0.5) is 0 Å². The van der Waals surface area contributed by atoms with Crippen LogP contribution in [0.3, 0.4) is 0 Å². The largest absolute Gasteiger partial charge is 0.497 e. The quantitative estimate of drug-likeness (QED) is 0.875. The Morgan fingerprint density at radius 3 is 2.78 bits per heavy atom. The van der Waals surface area contributed by atoms with Crippen LogP contribution in [0.5, 0.6) is 5.75 Å². The third-order valence-corrected chi connectivity index (χ3v) is 2.82. The predicted molar refractivity (Wildman–Crippen MR) is 70.3 cm³/mol. The molecule has 2 rings (SSSR count). The number of nitrogens with zero attached hydrogens (tertiary/aromatic N) is 2. The van der Waals surface area contributed by atoms with Crippen molar-refractivity contribution in [1.82, 2.24) is 15.3 Å². The molecule has 18 heavy (non-hydrogen) atoms. The van der Waals surface area contributed by atoms with Gasteiger partial charge in [-0.1, -0.05) is 12.1 Å². The summed E-state index contributed by atoms with van der Waals surface area (Å²) in [5.74, 6) is 0.879. The molecular weight excluding hydrogens is 226 g/mol. The number of nitrogens with one attached hydrogen (secondary N) is 1. The van der Waals surface area contributed by atoms with E-state index >= 15 is 0 Å². The van der Waals surface area contributed by atoms with E-state index < -0.39 is 0 Å². The molecule has 94 valence electrons. The van der Waals surface area contributed by atoms with Crippen molar-refractivity contribution in [3.8, 4) is 5.75 Å². The number of ether oxygens (including phenoxy) is 1. The van der Waals surface area contributed by atoms with E-state index in [0.29, 0.717) is 0 Å². The smallest absolute Gasteiger partial charge is 0.119 e. The molecule has 0 saturated carbocycles. The summed E-state index contributed by atoms with van der Waals surface area (Å²) in [5, 5.41) is 3.43. The molecule has 0 amide bonds. The molecule has 2 aromatic rings. The normalized spacial score (nSPS) is 12.1. The van der Waals surface area contributed by atoms with Crippen molar-refractivity contribution >= 4 is 0 Å². The van der Waals surface area contributed by atoms with Crippen LogP contribution in [0.1, 0.15) is 24.1 Å². The predicted octanol–water partition coefficient (Wildman–Crippen LogP) is 2.34. The summed E-state index contributed by atoms with van der Waals surface area (Å²) < 4.78 is 5.22. The summed E-state index contributed by atoms with van der Waals surface area (Å²) >= 11 is 0. The van der Waals surface area contributed by atoms with E-state index in [9.17, 15) is 0 Å². The van der Waals surface area contributed by atoms with Crippen LogP contribution in [0.25, 0.3) is 0 Å². The summed E-state index contributed by atoms with van der Waals surface area (Å²) in [6.45, 7) is 2.87. The van der Waals surface area contributed by atoms with Crippen LogP contribution in [0, 0.1) is 0 Å². The molecule has 1 N–H and O–H groups in total. The molecule has 1 heterocycles. The first-order valence-electron chi connectivity index (χ1n) is 5.91. The highest BCUT2D eigenvalue weighted by molar-refractivity contribution is 5.30. The van der Waals surface area contributed by atoms with E-state index in [-0.39, 0.29) is 6.04 Å². The molecule has 0 aliphatic carbocycles. The van der Waals surface area contributed by atoms with E-state index in [1.165, 1.54) is 11.9 Å². The van der Waals surface area contributed by atoms with Crippen LogP contribution in [0.2, 0.25) is 0 Å². The fraction of sp³-hybridized carbons (Fsp3) is 0.286. The van der Waals surface area contributed by atoms with Gasteiger partial charge in [0.2, 0.25) is 0 Å². The van der Waals surface area contributed by atoms with Crippen molar-refractivity contribution in [2.75, 3.05) is 7.11 Å². The zero-order valence-electron chi connectivity index (χ0n) is 10.6. The fourth-order valence-electron chi connectivity index (χ4n) is 1.72.